The number of nitrogens with two attached hydrogens (primary N) is 1. The van der Waals surface area contributed by atoms with Crippen LogP contribution in [-0.4, -0.2) is 32.9 Å². The number of halogens is 1. The van der Waals surface area contributed by atoms with Gasteiger partial charge in [-0.25, -0.2) is 9.67 Å². The summed E-state index contributed by atoms with van der Waals surface area (Å²) in [7, 11) is 1.63. The second-order valence-electron chi connectivity index (χ2n) is 6.90. The molecule has 2 aromatic carbocycles. The predicted octanol–water partition coefficient (Wildman–Crippen LogP) is 4.55. The second kappa shape index (κ2) is 7.60. The summed E-state index contributed by atoms with van der Waals surface area (Å²) in [6.07, 6.45) is 0. The maximum Gasteiger partial charge on any atom is 0.225 e. The molecule has 0 amide bonds. The highest BCUT2D eigenvalue weighted by molar-refractivity contribution is 6.30. The van der Waals surface area contributed by atoms with E-state index in [9.17, 15) is 0 Å². The first-order chi connectivity index (χ1) is 14.0. The molecule has 4 aromatic rings. The molecule has 0 bridgehead atoms. The smallest absolute Gasteiger partial charge is 0.225 e. The lowest BCUT2D eigenvalue weighted by Crippen LogP contribution is -2.13. The summed E-state index contributed by atoms with van der Waals surface area (Å²) in [6, 6.07) is 15.2. The number of nitrogens with one attached hydrogen (secondary N) is 1. The summed E-state index contributed by atoms with van der Waals surface area (Å²) >= 11 is 6.22. The third-order valence-corrected chi connectivity index (χ3v) is 4.64. The normalized spacial score (nSPS) is 11.2. The van der Waals surface area contributed by atoms with Crippen LogP contribution in [0.25, 0.3) is 28.0 Å². The zero-order chi connectivity index (χ0) is 20.5. The molecule has 148 valence electrons. The Kier molecular flexibility index (Phi) is 4.98. The summed E-state index contributed by atoms with van der Waals surface area (Å²) in [5.41, 5.74) is 9.34. The number of hydrogen-bond acceptors (Lipinski definition) is 6. The van der Waals surface area contributed by atoms with Gasteiger partial charge < -0.3 is 15.8 Å². The van der Waals surface area contributed by atoms with Crippen LogP contribution < -0.4 is 15.8 Å². The van der Waals surface area contributed by atoms with E-state index in [0.29, 0.717) is 33.5 Å². The van der Waals surface area contributed by atoms with Crippen molar-refractivity contribution in [1.82, 2.24) is 19.7 Å². The molecule has 29 heavy (non-hydrogen) atoms. The van der Waals surface area contributed by atoms with E-state index in [1.807, 2.05) is 62.4 Å². The Morgan fingerprint density at radius 1 is 1.10 bits per heavy atom. The standard InChI is InChI=1S/C21H21ClN6O/c1-12(2)24-21-25-18(13-5-4-6-14(22)11-13)17-19(23)28(27-20(17)26-21)15-7-9-16(29-3)10-8-15/h4-12H,23H2,1-3H3,(H,24,26,27). The van der Waals surface area contributed by atoms with Gasteiger partial charge in [0.25, 0.3) is 0 Å². The number of nitrogen functional groups attached to an aromatic ring is 1. The van der Waals surface area contributed by atoms with Gasteiger partial charge in [-0.2, -0.15) is 4.98 Å². The molecule has 0 aliphatic rings. The van der Waals surface area contributed by atoms with Gasteiger partial charge in [-0.1, -0.05) is 23.7 Å². The molecule has 0 fully saturated rings. The Bertz CT molecular complexity index is 1170. The van der Waals surface area contributed by atoms with Crippen molar-refractivity contribution in [3.63, 3.8) is 0 Å². The summed E-state index contributed by atoms with van der Waals surface area (Å²) in [6.45, 7) is 4.05. The molecule has 0 atom stereocenters. The topological polar surface area (TPSA) is 90.9 Å². The van der Waals surface area contributed by atoms with E-state index in [2.05, 4.69) is 15.4 Å². The third-order valence-electron chi connectivity index (χ3n) is 4.40. The van der Waals surface area contributed by atoms with E-state index in [1.165, 1.54) is 0 Å². The third kappa shape index (κ3) is 3.69. The van der Waals surface area contributed by atoms with Crippen LogP contribution in [0.1, 0.15) is 13.8 Å². The van der Waals surface area contributed by atoms with Crippen molar-refractivity contribution >= 4 is 34.4 Å². The molecule has 0 saturated heterocycles. The van der Waals surface area contributed by atoms with Crippen LogP contribution in [0.5, 0.6) is 5.75 Å². The molecule has 0 saturated carbocycles. The molecule has 0 aliphatic carbocycles. The lowest BCUT2D eigenvalue weighted by molar-refractivity contribution is 0.414. The van der Waals surface area contributed by atoms with Gasteiger partial charge in [0, 0.05) is 16.6 Å². The van der Waals surface area contributed by atoms with Gasteiger partial charge in [-0.3, -0.25) is 0 Å². The van der Waals surface area contributed by atoms with Crippen molar-refractivity contribution in [3.05, 3.63) is 53.6 Å². The first-order valence-corrected chi connectivity index (χ1v) is 9.57. The first-order valence-electron chi connectivity index (χ1n) is 9.19. The van der Waals surface area contributed by atoms with Gasteiger partial charge in [-0.15, -0.1) is 5.10 Å². The van der Waals surface area contributed by atoms with Gasteiger partial charge in [0.05, 0.1) is 23.9 Å². The van der Waals surface area contributed by atoms with E-state index in [0.717, 1.165) is 17.0 Å². The number of ether oxygens (including phenoxy) is 1. The highest BCUT2D eigenvalue weighted by Gasteiger charge is 2.19. The minimum atomic E-state index is 0.167. The van der Waals surface area contributed by atoms with E-state index in [-0.39, 0.29) is 6.04 Å². The largest absolute Gasteiger partial charge is 0.497 e. The van der Waals surface area contributed by atoms with E-state index in [1.54, 1.807) is 11.8 Å². The first kappa shape index (κ1) is 19.0. The maximum absolute atomic E-state index is 6.50. The Hall–Kier alpha value is -3.32. The number of anilines is 2. The number of methoxy groups -OCH3 is 1. The average Bonchev–Trinajstić information content (AvgIpc) is 3.03. The number of aromatic nitrogens is 4. The molecule has 4 rings (SSSR count). The molecule has 0 spiro atoms. The van der Waals surface area contributed by atoms with Crippen molar-refractivity contribution in [2.24, 2.45) is 0 Å². The Morgan fingerprint density at radius 2 is 1.86 bits per heavy atom. The molecular weight excluding hydrogens is 388 g/mol. The maximum atomic E-state index is 6.50. The molecule has 8 heteroatoms. The molecule has 7 nitrogen and oxygen atoms in total. The minimum absolute atomic E-state index is 0.167. The fourth-order valence-corrected chi connectivity index (χ4v) is 3.29. The summed E-state index contributed by atoms with van der Waals surface area (Å²) < 4.78 is 6.89. The van der Waals surface area contributed by atoms with Crippen molar-refractivity contribution in [1.29, 1.82) is 0 Å². The molecule has 0 unspecified atom stereocenters. The molecule has 3 N–H and O–H groups in total. The summed E-state index contributed by atoms with van der Waals surface area (Å²) in [5.74, 6) is 1.70. The van der Waals surface area contributed by atoms with Gasteiger partial charge in [0.1, 0.15) is 11.6 Å². The van der Waals surface area contributed by atoms with Crippen LogP contribution in [0.3, 0.4) is 0 Å². The van der Waals surface area contributed by atoms with E-state index >= 15 is 0 Å². The Labute approximate surface area is 173 Å². The number of benzene rings is 2. The Morgan fingerprint density at radius 3 is 2.52 bits per heavy atom. The lowest BCUT2D eigenvalue weighted by atomic mass is 10.1. The zero-order valence-electron chi connectivity index (χ0n) is 16.3. The molecule has 2 aromatic heterocycles. The van der Waals surface area contributed by atoms with Gasteiger partial charge in [0.2, 0.25) is 5.95 Å². The highest BCUT2D eigenvalue weighted by Crippen LogP contribution is 2.34. The lowest BCUT2D eigenvalue weighted by Gasteiger charge is -2.10. The number of nitrogens with zero attached hydrogens (tertiary/aromatic N) is 4. The molecule has 0 radical (unpaired) electrons. The van der Waals surface area contributed by atoms with Crippen molar-refractivity contribution < 1.29 is 4.74 Å². The van der Waals surface area contributed by atoms with Gasteiger partial charge in [0.15, 0.2) is 5.65 Å². The van der Waals surface area contributed by atoms with Crippen LogP contribution in [0.2, 0.25) is 5.02 Å². The minimum Gasteiger partial charge on any atom is -0.497 e. The van der Waals surface area contributed by atoms with Crippen LogP contribution in [0, 0.1) is 0 Å². The number of fused-ring (bicyclic) bond motifs is 1. The quantitative estimate of drug-likeness (QED) is 0.503. The highest BCUT2D eigenvalue weighted by atomic mass is 35.5. The van der Waals surface area contributed by atoms with Gasteiger partial charge >= 0.3 is 0 Å². The molecular formula is C21H21ClN6O. The van der Waals surface area contributed by atoms with E-state index < -0.39 is 0 Å². The van der Waals surface area contributed by atoms with Crippen LogP contribution in [0.15, 0.2) is 48.5 Å². The van der Waals surface area contributed by atoms with Crippen molar-refractivity contribution in [2.45, 2.75) is 19.9 Å². The van der Waals surface area contributed by atoms with Crippen molar-refractivity contribution in [3.8, 4) is 22.7 Å². The fourth-order valence-electron chi connectivity index (χ4n) is 3.10. The predicted molar refractivity (Wildman–Crippen MR) is 117 cm³/mol. The fraction of sp³-hybridized carbons (Fsp3) is 0.190. The molecule has 0 aliphatic heterocycles. The van der Waals surface area contributed by atoms with Crippen molar-refractivity contribution in [2.75, 3.05) is 18.2 Å². The SMILES string of the molecule is COc1ccc(-n2nc3nc(NC(C)C)nc(-c4cccc(Cl)c4)c3c2N)cc1. The van der Waals surface area contributed by atoms with Crippen LogP contribution in [0.4, 0.5) is 11.8 Å². The summed E-state index contributed by atoms with van der Waals surface area (Å²) in [4.78, 5) is 9.29. The van der Waals surface area contributed by atoms with Gasteiger partial charge in [-0.05, 0) is 50.2 Å². The summed E-state index contributed by atoms with van der Waals surface area (Å²) in [5, 5.41) is 9.18. The molecule has 2 heterocycles. The Balaban J connectivity index is 1.95. The zero-order valence-corrected chi connectivity index (χ0v) is 17.1. The van der Waals surface area contributed by atoms with E-state index in [4.69, 9.17) is 27.1 Å². The average molecular weight is 409 g/mol. The number of hydrogen-bond donors (Lipinski definition) is 2. The van der Waals surface area contributed by atoms with Crippen LogP contribution in [-0.2, 0) is 0 Å². The van der Waals surface area contributed by atoms with Crippen LogP contribution >= 0.6 is 11.6 Å². The monoisotopic (exact) mass is 408 g/mol. The number of rotatable bonds is 5. The second-order valence-corrected chi connectivity index (χ2v) is 7.34.